The van der Waals surface area contributed by atoms with E-state index in [4.69, 9.17) is 11.6 Å². The van der Waals surface area contributed by atoms with Crippen molar-refractivity contribution in [3.63, 3.8) is 0 Å². The first-order chi connectivity index (χ1) is 10.7. The van der Waals surface area contributed by atoms with Gasteiger partial charge in [-0.25, -0.2) is 0 Å². The molecule has 3 aromatic rings. The number of halogens is 1. The molecule has 0 atom stereocenters. The molecule has 6 heteroatoms. The van der Waals surface area contributed by atoms with Crippen LogP contribution >= 0.6 is 23.4 Å². The summed E-state index contributed by atoms with van der Waals surface area (Å²) in [6, 6.07) is 10.2. The number of thioether (sulfide) groups is 1. The van der Waals surface area contributed by atoms with Crippen molar-refractivity contribution in [2.24, 2.45) is 0 Å². The van der Waals surface area contributed by atoms with Crippen molar-refractivity contribution in [3.05, 3.63) is 41.0 Å². The van der Waals surface area contributed by atoms with E-state index in [0.717, 1.165) is 40.5 Å². The molecular weight excluding hydrogens is 316 g/mol. The average Bonchev–Trinajstić information content (AvgIpc) is 2.90. The molecule has 0 fully saturated rings. The van der Waals surface area contributed by atoms with Gasteiger partial charge in [0.2, 0.25) is 5.16 Å². The van der Waals surface area contributed by atoms with Crippen molar-refractivity contribution in [1.29, 1.82) is 0 Å². The maximum absolute atomic E-state index is 6.37. The van der Waals surface area contributed by atoms with Crippen molar-refractivity contribution in [3.8, 4) is 11.1 Å². The van der Waals surface area contributed by atoms with Crippen LogP contribution in [0.15, 0.2) is 35.5 Å². The minimum Gasteiger partial charge on any atom is -0.186 e. The second kappa shape index (κ2) is 6.67. The number of rotatable bonds is 5. The van der Waals surface area contributed by atoms with Gasteiger partial charge in [-0.3, -0.25) is 0 Å². The molecule has 1 aromatic carbocycles. The zero-order valence-electron chi connectivity index (χ0n) is 12.6. The van der Waals surface area contributed by atoms with E-state index in [1.807, 2.05) is 18.2 Å². The molecule has 0 aliphatic carbocycles. The average molecular weight is 333 g/mol. The molecule has 0 aliphatic rings. The topological polar surface area (TPSA) is 43.1 Å². The van der Waals surface area contributed by atoms with E-state index in [2.05, 4.69) is 41.3 Å². The Labute approximate surface area is 138 Å². The van der Waals surface area contributed by atoms with Crippen molar-refractivity contribution < 1.29 is 0 Å². The number of hydrogen-bond acceptors (Lipinski definition) is 4. The fraction of sp³-hybridized carbons (Fsp3) is 0.312. The molecule has 0 radical (unpaired) electrons. The monoisotopic (exact) mass is 332 g/mol. The fourth-order valence-corrected chi connectivity index (χ4v) is 3.33. The van der Waals surface area contributed by atoms with E-state index in [1.54, 1.807) is 16.3 Å². The number of benzene rings is 1. The Hall–Kier alpha value is -1.59. The van der Waals surface area contributed by atoms with E-state index in [1.165, 1.54) is 5.56 Å². The molecule has 0 spiro atoms. The summed E-state index contributed by atoms with van der Waals surface area (Å²) < 4.78 is 1.72. The normalized spacial score (nSPS) is 11.2. The van der Waals surface area contributed by atoms with Gasteiger partial charge >= 0.3 is 0 Å². The number of fused-ring (bicyclic) bond motifs is 1. The van der Waals surface area contributed by atoms with Gasteiger partial charge in [-0.2, -0.15) is 9.61 Å². The van der Waals surface area contributed by atoms with Gasteiger partial charge in [0.05, 0.1) is 0 Å². The highest BCUT2D eigenvalue weighted by Crippen LogP contribution is 2.28. The first kappa shape index (κ1) is 15.3. The Balaban J connectivity index is 1.97. The van der Waals surface area contributed by atoms with Gasteiger partial charge in [-0.05, 0) is 25.0 Å². The number of unbranched alkanes of at least 4 members (excludes halogenated alkanes) is 1. The first-order valence-corrected chi connectivity index (χ1v) is 8.67. The number of nitrogens with zero attached hydrogens (tertiary/aromatic N) is 4. The van der Waals surface area contributed by atoms with Gasteiger partial charge in [-0.1, -0.05) is 66.5 Å². The zero-order valence-corrected chi connectivity index (χ0v) is 14.2. The summed E-state index contributed by atoms with van der Waals surface area (Å²) in [4.78, 5) is 0. The van der Waals surface area contributed by atoms with Crippen LogP contribution in [0.2, 0.25) is 5.15 Å². The second-order valence-corrected chi connectivity index (χ2v) is 6.59. The summed E-state index contributed by atoms with van der Waals surface area (Å²) in [5.41, 5.74) is 3.85. The molecule has 2 aromatic heterocycles. The Kier molecular flexibility index (Phi) is 4.64. The molecule has 0 unspecified atom stereocenters. The van der Waals surface area contributed by atoms with Crippen molar-refractivity contribution >= 4 is 29.0 Å². The Morgan fingerprint density at radius 3 is 2.68 bits per heavy atom. The molecule has 0 saturated carbocycles. The van der Waals surface area contributed by atoms with Gasteiger partial charge in [0.25, 0.3) is 0 Å². The molecule has 4 nitrogen and oxygen atoms in total. The summed E-state index contributed by atoms with van der Waals surface area (Å²) in [5.74, 6) is 1.01. The SMILES string of the molecule is CCCCSc1nnc2cc(-c3ccc(C)cc3)c(Cl)nn12. The third-order valence-electron chi connectivity index (χ3n) is 3.41. The second-order valence-electron chi connectivity index (χ2n) is 5.17. The molecule has 22 heavy (non-hydrogen) atoms. The summed E-state index contributed by atoms with van der Waals surface area (Å²) in [6.07, 6.45) is 2.31. The molecule has 0 saturated heterocycles. The lowest BCUT2D eigenvalue weighted by atomic mass is 10.1. The van der Waals surface area contributed by atoms with Crippen LogP contribution in [0, 0.1) is 6.92 Å². The third-order valence-corrected chi connectivity index (χ3v) is 4.70. The highest BCUT2D eigenvalue weighted by atomic mass is 35.5. The predicted octanol–water partition coefficient (Wildman–Crippen LogP) is 4.65. The van der Waals surface area contributed by atoms with E-state index >= 15 is 0 Å². The lowest BCUT2D eigenvalue weighted by Crippen LogP contribution is -1.97. The molecule has 2 heterocycles. The molecule has 0 amide bonds. The van der Waals surface area contributed by atoms with E-state index in [9.17, 15) is 0 Å². The number of aromatic nitrogens is 4. The van der Waals surface area contributed by atoms with Gasteiger partial charge in [0.1, 0.15) is 0 Å². The van der Waals surface area contributed by atoms with Crippen LogP contribution in [0.25, 0.3) is 16.8 Å². The standard InChI is InChI=1S/C16H17ClN4S/c1-3-4-9-22-16-19-18-14-10-13(15(17)20-21(14)16)12-7-5-11(2)6-8-12/h5-8,10H,3-4,9H2,1-2H3. The summed E-state index contributed by atoms with van der Waals surface area (Å²) in [5, 5.41) is 14.1. The zero-order chi connectivity index (χ0) is 15.5. The van der Waals surface area contributed by atoms with Crippen molar-refractivity contribution in [2.45, 2.75) is 31.8 Å². The number of hydrogen-bond donors (Lipinski definition) is 0. The smallest absolute Gasteiger partial charge is 0.186 e. The van der Waals surface area contributed by atoms with Crippen LogP contribution in [0.3, 0.4) is 0 Å². The van der Waals surface area contributed by atoms with Crippen molar-refractivity contribution in [1.82, 2.24) is 19.8 Å². The largest absolute Gasteiger partial charge is 0.212 e. The molecule has 0 aliphatic heterocycles. The van der Waals surface area contributed by atoms with Crippen LogP contribution in [-0.4, -0.2) is 25.6 Å². The van der Waals surface area contributed by atoms with Gasteiger partial charge in [-0.15, -0.1) is 10.2 Å². The number of aryl methyl sites for hydroxylation is 1. The lowest BCUT2D eigenvalue weighted by molar-refractivity contribution is 0.806. The minimum absolute atomic E-state index is 0.466. The summed E-state index contributed by atoms with van der Waals surface area (Å²) in [6.45, 7) is 4.23. The van der Waals surface area contributed by atoms with E-state index in [0.29, 0.717) is 5.15 Å². The van der Waals surface area contributed by atoms with Crippen LogP contribution in [0.1, 0.15) is 25.3 Å². The maximum atomic E-state index is 6.37. The van der Waals surface area contributed by atoms with Crippen LogP contribution in [0.5, 0.6) is 0 Å². The maximum Gasteiger partial charge on any atom is 0.212 e. The molecule has 0 N–H and O–H groups in total. The predicted molar refractivity (Wildman–Crippen MR) is 91.6 cm³/mol. The molecular formula is C16H17ClN4S. The lowest BCUT2D eigenvalue weighted by Gasteiger charge is -2.05. The van der Waals surface area contributed by atoms with Crippen molar-refractivity contribution in [2.75, 3.05) is 5.75 Å². The van der Waals surface area contributed by atoms with Crippen LogP contribution in [-0.2, 0) is 0 Å². The van der Waals surface area contributed by atoms with Gasteiger partial charge in [0.15, 0.2) is 10.8 Å². The van der Waals surface area contributed by atoms with Crippen LogP contribution < -0.4 is 0 Å². The van der Waals surface area contributed by atoms with E-state index in [-0.39, 0.29) is 0 Å². The van der Waals surface area contributed by atoms with Gasteiger partial charge < -0.3 is 0 Å². The first-order valence-electron chi connectivity index (χ1n) is 7.31. The molecule has 114 valence electrons. The van der Waals surface area contributed by atoms with Crippen LogP contribution in [0.4, 0.5) is 0 Å². The Morgan fingerprint density at radius 1 is 1.18 bits per heavy atom. The van der Waals surface area contributed by atoms with E-state index < -0.39 is 0 Å². The Bertz CT molecular complexity index is 783. The molecule has 0 bridgehead atoms. The van der Waals surface area contributed by atoms with Gasteiger partial charge in [0, 0.05) is 11.3 Å². The summed E-state index contributed by atoms with van der Waals surface area (Å²) >= 11 is 8.03. The Morgan fingerprint density at radius 2 is 1.95 bits per heavy atom. The quantitative estimate of drug-likeness (QED) is 0.504. The fourth-order valence-electron chi connectivity index (χ4n) is 2.12. The third kappa shape index (κ3) is 3.10. The molecule has 3 rings (SSSR count). The highest BCUT2D eigenvalue weighted by Gasteiger charge is 2.12. The summed E-state index contributed by atoms with van der Waals surface area (Å²) in [7, 11) is 0. The highest BCUT2D eigenvalue weighted by molar-refractivity contribution is 7.99. The minimum atomic E-state index is 0.466.